The third-order valence-corrected chi connectivity index (χ3v) is 3.70. The molecule has 0 aliphatic heterocycles. The first-order chi connectivity index (χ1) is 11.1. The van der Waals surface area contributed by atoms with Gasteiger partial charge < -0.3 is 15.2 Å². The molecule has 3 aromatic rings. The number of ether oxygens (including phenoxy) is 1. The Bertz CT molecular complexity index is 896. The van der Waals surface area contributed by atoms with Crippen molar-refractivity contribution < 1.29 is 14.6 Å². The smallest absolute Gasteiger partial charge is 0.335 e. The topological polar surface area (TPSA) is 71.5 Å². The van der Waals surface area contributed by atoms with Gasteiger partial charge in [-0.15, -0.1) is 0 Å². The number of pyridine rings is 1. The van der Waals surface area contributed by atoms with E-state index in [1.165, 1.54) is 0 Å². The molecule has 23 heavy (non-hydrogen) atoms. The molecule has 0 unspecified atom stereocenters. The van der Waals surface area contributed by atoms with Crippen LogP contribution in [0.4, 0.5) is 11.4 Å². The zero-order valence-corrected chi connectivity index (χ0v) is 13.0. The van der Waals surface area contributed by atoms with Gasteiger partial charge in [-0.25, -0.2) is 4.79 Å². The molecule has 6 heteroatoms. The Morgan fingerprint density at radius 2 is 2.09 bits per heavy atom. The minimum Gasteiger partial charge on any atom is -0.495 e. The molecule has 2 N–H and O–H groups in total. The number of halogens is 1. The van der Waals surface area contributed by atoms with E-state index in [0.717, 1.165) is 16.6 Å². The summed E-state index contributed by atoms with van der Waals surface area (Å²) in [7, 11) is 1.55. The number of rotatable bonds is 4. The third-order valence-electron chi connectivity index (χ3n) is 3.40. The van der Waals surface area contributed by atoms with E-state index in [0.29, 0.717) is 16.5 Å². The lowest BCUT2D eigenvalue weighted by atomic mass is 10.1. The van der Waals surface area contributed by atoms with Gasteiger partial charge in [0, 0.05) is 23.0 Å². The van der Waals surface area contributed by atoms with E-state index in [-0.39, 0.29) is 5.56 Å². The van der Waals surface area contributed by atoms with E-state index < -0.39 is 5.97 Å². The summed E-state index contributed by atoms with van der Waals surface area (Å²) < 4.78 is 5.24. The molecule has 116 valence electrons. The second kappa shape index (κ2) is 6.14. The number of carboxylic acid groups (broad SMARTS) is 1. The van der Waals surface area contributed by atoms with E-state index in [2.05, 4.69) is 10.3 Å². The first-order valence-corrected chi connectivity index (χ1v) is 7.19. The summed E-state index contributed by atoms with van der Waals surface area (Å²) in [5.41, 5.74) is 2.39. The maximum atomic E-state index is 11.1. The van der Waals surface area contributed by atoms with Gasteiger partial charge >= 0.3 is 5.97 Å². The molecule has 5 nitrogen and oxygen atoms in total. The highest BCUT2D eigenvalue weighted by atomic mass is 35.5. The van der Waals surface area contributed by atoms with Crippen LogP contribution in [0.2, 0.25) is 5.02 Å². The van der Waals surface area contributed by atoms with Crippen molar-refractivity contribution in [2.75, 3.05) is 12.4 Å². The van der Waals surface area contributed by atoms with Crippen molar-refractivity contribution in [3.05, 3.63) is 59.2 Å². The van der Waals surface area contributed by atoms with Gasteiger partial charge in [0.25, 0.3) is 0 Å². The van der Waals surface area contributed by atoms with Crippen molar-refractivity contribution in [3.8, 4) is 5.75 Å². The molecule has 0 radical (unpaired) electrons. The van der Waals surface area contributed by atoms with Crippen molar-refractivity contribution in [2.24, 2.45) is 0 Å². The van der Waals surface area contributed by atoms with Gasteiger partial charge in [0.15, 0.2) is 0 Å². The van der Waals surface area contributed by atoms with Gasteiger partial charge in [-0.05, 0) is 36.4 Å². The SMILES string of the molecule is COc1cc2c(Nc3cccc(C(=O)O)c3)ccnc2cc1Cl. The average molecular weight is 329 g/mol. The molecule has 0 saturated heterocycles. The van der Waals surface area contributed by atoms with Crippen molar-refractivity contribution in [3.63, 3.8) is 0 Å². The Balaban J connectivity index is 2.06. The van der Waals surface area contributed by atoms with E-state index in [4.69, 9.17) is 21.4 Å². The van der Waals surface area contributed by atoms with Crippen molar-refractivity contribution in [1.82, 2.24) is 4.98 Å². The normalized spacial score (nSPS) is 10.5. The Hall–Kier alpha value is -2.79. The molecule has 0 saturated carbocycles. The number of benzene rings is 2. The van der Waals surface area contributed by atoms with Crippen molar-refractivity contribution >= 4 is 39.8 Å². The number of carboxylic acids is 1. The Labute approximate surface area is 137 Å². The van der Waals surface area contributed by atoms with Crippen molar-refractivity contribution in [2.45, 2.75) is 0 Å². The summed E-state index contributed by atoms with van der Waals surface area (Å²) in [5.74, 6) is -0.420. The minimum absolute atomic E-state index is 0.217. The van der Waals surface area contributed by atoms with E-state index in [1.807, 2.05) is 6.07 Å². The molecule has 0 spiro atoms. The van der Waals surface area contributed by atoms with Crippen LogP contribution in [0.15, 0.2) is 48.7 Å². The molecular weight excluding hydrogens is 316 g/mol. The maximum absolute atomic E-state index is 11.1. The number of hydrogen-bond donors (Lipinski definition) is 2. The van der Waals surface area contributed by atoms with Crippen LogP contribution in [0.25, 0.3) is 10.9 Å². The molecule has 1 heterocycles. The Kier molecular flexibility index (Phi) is 4.04. The molecular formula is C17H13ClN2O3. The first-order valence-electron chi connectivity index (χ1n) is 6.81. The van der Waals surface area contributed by atoms with Crippen LogP contribution in [0.3, 0.4) is 0 Å². The number of aromatic carboxylic acids is 1. The fourth-order valence-corrected chi connectivity index (χ4v) is 2.53. The Morgan fingerprint density at radius 3 is 2.83 bits per heavy atom. The van der Waals surface area contributed by atoms with E-state index in [1.54, 1.807) is 49.7 Å². The lowest BCUT2D eigenvalue weighted by Crippen LogP contribution is -1.98. The van der Waals surface area contributed by atoms with Crippen LogP contribution in [0, 0.1) is 0 Å². The maximum Gasteiger partial charge on any atom is 0.335 e. The van der Waals surface area contributed by atoms with Gasteiger partial charge in [0.1, 0.15) is 5.75 Å². The highest BCUT2D eigenvalue weighted by Crippen LogP contribution is 2.33. The van der Waals surface area contributed by atoms with Gasteiger partial charge in [0.2, 0.25) is 0 Å². The van der Waals surface area contributed by atoms with Gasteiger partial charge in [-0.2, -0.15) is 0 Å². The summed E-state index contributed by atoms with van der Waals surface area (Å²) in [4.78, 5) is 15.4. The molecule has 0 bridgehead atoms. The number of nitrogens with one attached hydrogen (secondary N) is 1. The molecule has 1 aromatic heterocycles. The standard InChI is InChI=1S/C17H13ClN2O3/c1-23-16-8-12-14(5-6-19-15(12)9-13(16)18)20-11-4-2-3-10(7-11)17(21)22/h2-9H,1H3,(H,19,20)(H,21,22). The predicted octanol–water partition coefficient (Wildman–Crippen LogP) is 4.34. The quantitative estimate of drug-likeness (QED) is 0.745. The minimum atomic E-state index is -0.971. The Morgan fingerprint density at radius 1 is 1.26 bits per heavy atom. The summed E-state index contributed by atoms with van der Waals surface area (Å²) in [6, 6.07) is 11.9. The first kappa shape index (κ1) is 15.1. The highest BCUT2D eigenvalue weighted by molar-refractivity contribution is 6.33. The molecule has 3 rings (SSSR count). The number of carbonyl (C=O) groups is 1. The number of aromatic nitrogens is 1. The molecule has 0 fully saturated rings. The number of nitrogens with zero attached hydrogens (tertiary/aromatic N) is 1. The van der Waals surface area contributed by atoms with Crippen LogP contribution < -0.4 is 10.1 Å². The third kappa shape index (κ3) is 3.05. The number of methoxy groups -OCH3 is 1. The molecule has 0 amide bonds. The van der Waals surface area contributed by atoms with E-state index in [9.17, 15) is 4.79 Å². The fraction of sp³-hybridized carbons (Fsp3) is 0.0588. The number of hydrogen-bond acceptors (Lipinski definition) is 4. The summed E-state index contributed by atoms with van der Waals surface area (Å²) >= 11 is 6.12. The molecule has 0 aliphatic rings. The van der Waals surface area contributed by atoms with E-state index >= 15 is 0 Å². The van der Waals surface area contributed by atoms with Gasteiger partial charge in [0.05, 0.1) is 23.2 Å². The fourth-order valence-electron chi connectivity index (χ4n) is 2.30. The van der Waals surface area contributed by atoms with Crippen LogP contribution in [0.5, 0.6) is 5.75 Å². The van der Waals surface area contributed by atoms with Crippen LogP contribution in [0.1, 0.15) is 10.4 Å². The second-order valence-corrected chi connectivity index (χ2v) is 5.28. The van der Waals surface area contributed by atoms with Gasteiger partial charge in [-0.3, -0.25) is 4.98 Å². The molecule has 0 atom stereocenters. The summed E-state index contributed by atoms with van der Waals surface area (Å²) in [5, 5.41) is 13.6. The zero-order valence-electron chi connectivity index (χ0n) is 12.2. The number of anilines is 2. The summed E-state index contributed by atoms with van der Waals surface area (Å²) in [6.07, 6.45) is 1.66. The van der Waals surface area contributed by atoms with Gasteiger partial charge in [-0.1, -0.05) is 17.7 Å². The number of fused-ring (bicyclic) bond motifs is 1. The highest BCUT2D eigenvalue weighted by Gasteiger charge is 2.09. The molecule has 2 aromatic carbocycles. The molecule has 0 aliphatic carbocycles. The van der Waals surface area contributed by atoms with Crippen LogP contribution in [-0.2, 0) is 0 Å². The van der Waals surface area contributed by atoms with Crippen molar-refractivity contribution in [1.29, 1.82) is 0 Å². The monoisotopic (exact) mass is 328 g/mol. The predicted molar refractivity (Wildman–Crippen MR) is 90.0 cm³/mol. The second-order valence-electron chi connectivity index (χ2n) is 4.87. The zero-order chi connectivity index (χ0) is 16.4. The average Bonchev–Trinajstić information content (AvgIpc) is 2.54. The van der Waals surface area contributed by atoms with Crippen LogP contribution in [-0.4, -0.2) is 23.2 Å². The summed E-state index contributed by atoms with van der Waals surface area (Å²) in [6.45, 7) is 0. The largest absolute Gasteiger partial charge is 0.495 e. The lowest BCUT2D eigenvalue weighted by molar-refractivity contribution is 0.0697. The lowest BCUT2D eigenvalue weighted by Gasteiger charge is -2.12. The van der Waals surface area contributed by atoms with Crippen LogP contribution >= 0.6 is 11.6 Å².